The molecule has 158 valence electrons. The van der Waals surface area contributed by atoms with Crippen molar-refractivity contribution >= 4 is 50.1 Å². The molecule has 1 aromatic carbocycles. The molecule has 0 bridgehead atoms. The number of carbonyl (C=O) groups excluding carboxylic acids is 1. The van der Waals surface area contributed by atoms with Crippen molar-refractivity contribution in [3.05, 3.63) is 29.1 Å². The van der Waals surface area contributed by atoms with Crippen LogP contribution in [0.2, 0.25) is 0 Å². The Hall–Kier alpha value is -2.22. The van der Waals surface area contributed by atoms with E-state index >= 15 is 0 Å². The van der Waals surface area contributed by atoms with Crippen LogP contribution < -0.4 is 15.5 Å². The molecule has 0 atom stereocenters. The average Bonchev–Trinajstić information content (AvgIpc) is 3.52. The number of nitrogens with one attached hydrogen (secondary N) is 2. The van der Waals surface area contributed by atoms with Gasteiger partial charge in [0.2, 0.25) is 0 Å². The summed E-state index contributed by atoms with van der Waals surface area (Å²) in [6, 6.07) is 8.52. The smallest absolute Gasteiger partial charge is 0.162 e. The number of hydrogen-bond donors (Lipinski definition) is 2. The van der Waals surface area contributed by atoms with Crippen molar-refractivity contribution in [1.82, 2.24) is 15.2 Å². The van der Waals surface area contributed by atoms with Gasteiger partial charge < -0.3 is 15.5 Å². The minimum Gasteiger partial charge on any atom is -0.382 e. The highest BCUT2D eigenvalue weighted by molar-refractivity contribution is 7.21. The number of nitrogens with zero attached hydrogens (tertiary/aromatic N) is 3. The lowest BCUT2D eigenvalue weighted by Crippen LogP contribution is -2.47. The van der Waals surface area contributed by atoms with E-state index in [1.165, 1.54) is 19.4 Å². The summed E-state index contributed by atoms with van der Waals surface area (Å²) in [5, 5.41) is 8.83. The number of piperazine rings is 1. The Kier molecular flexibility index (Phi) is 5.58. The topological polar surface area (TPSA) is 60.5 Å². The molecule has 2 aliphatic rings. The van der Waals surface area contributed by atoms with Crippen LogP contribution in [0, 0.1) is 5.92 Å². The third kappa shape index (κ3) is 3.89. The molecule has 1 saturated carbocycles. The van der Waals surface area contributed by atoms with Gasteiger partial charge in [0, 0.05) is 61.3 Å². The second-order valence-corrected chi connectivity index (χ2v) is 9.48. The minimum absolute atomic E-state index is 0.754. The van der Waals surface area contributed by atoms with Crippen LogP contribution in [0.15, 0.2) is 24.3 Å². The van der Waals surface area contributed by atoms with Gasteiger partial charge in [-0.2, -0.15) is 0 Å². The van der Waals surface area contributed by atoms with Crippen molar-refractivity contribution in [2.45, 2.75) is 12.8 Å². The molecular weight excluding hydrogens is 394 g/mol. The number of pyridine rings is 1. The minimum atomic E-state index is 0.754. The molecule has 2 N–H and O–H groups in total. The highest BCUT2D eigenvalue weighted by atomic mass is 32.1. The van der Waals surface area contributed by atoms with Crippen LogP contribution in [0.4, 0.5) is 11.5 Å². The van der Waals surface area contributed by atoms with Gasteiger partial charge >= 0.3 is 0 Å². The monoisotopic (exact) mass is 423 g/mol. The van der Waals surface area contributed by atoms with Gasteiger partial charge in [-0.1, -0.05) is 0 Å². The van der Waals surface area contributed by atoms with Crippen LogP contribution >= 0.6 is 11.3 Å². The van der Waals surface area contributed by atoms with Crippen LogP contribution in [0.3, 0.4) is 0 Å². The number of carbonyl (C=O) groups is 1. The number of fused-ring (bicyclic) bond motifs is 3. The normalized spacial score (nSPS) is 17.7. The maximum absolute atomic E-state index is 11.7. The van der Waals surface area contributed by atoms with Gasteiger partial charge in [0.1, 0.15) is 5.82 Å². The van der Waals surface area contributed by atoms with Crippen LogP contribution in [-0.2, 0) is 0 Å². The molecule has 0 unspecified atom stereocenters. The first-order valence-electron chi connectivity index (χ1n) is 10.9. The Morgan fingerprint density at radius 1 is 1.13 bits per heavy atom. The zero-order valence-electron chi connectivity index (χ0n) is 17.5. The van der Waals surface area contributed by atoms with Crippen LogP contribution in [-0.4, -0.2) is 69.0 Å². The van der Waals surface area contributed by atoms with Crippen molar-refractivity contribution in [2.75, 3.05) is 63.1 Å². The molecule has 2 fully saturated rings. The van der Waals surface area contributed by atoms with Gasteiger partial charge in [-0.15, -0.1) is 11.3 Å². The van der Waals surface area contributed by atoms with E-state index in [2.05, 4.69) is 44.7 Å². The Bertz CT molecular complexity index is 1050. The van der Waals surface area contributed by atoms with Crippen molar-refractivity contribution in [1.29, 1.82) is 0 Å². The van der Waals surface area contributed by atoms with E-state index in [0.29, 0.717) is 0 Å². The van der Waals surface area contributed by atoms with E-state index in [1.54, 1.807) is 11.3 Å². The van der Waals surface area contributed by atoms with Gasteiger partial charge in [0.25, 0.3) is 0 Å². The number of aromatic nitrogens is 1. The Labute approximate surface area is 181 Å². The van der Waals surface area contributed by atoms with Gasteiger partial charge in [-0.3, -0.25) is 9.69 Å². The third-order valence-electron chi connectivity index (χ3n) is 6.23. The Morgan fingerprint density at radius 2 is 1.97 bits per heavy atom. The summed E-state index contributed by atoms with van der Waals surface area (Å²) in [5.41, 5.74) is 1.93. The lowest BCUT2D eigenvalue weighted by molar-refractivity contribution is 0.112. The van der Waals surface area contributed by atoms with E-state index in [1.807, 2.05) is 7.05 Å². The van der Waals surface area contributed by atoms with E-state index in [-0.39, 0.29) is 0 Å². The third-order valence-corrected chi connectivity index (χ3v) is 7.31. The second kappa shape index (κ2) is 8.49. The fourth-order valence-corrected chi connectivity index (χ4v) is 5.39. The molecule has 30 heavy (non-hydrogen) atoms. The fraction of sp³-hybridized carbons (Fsp3) is 0.478. The van der Waals surface area contributed by atoms with Crippen LogP contribution in [0.25, 0.3) is 21.0 Å². The molecule has 1 aliphatic heterocycles. The number of aldehydes is 1. The van der Waals surface area contributed by atoms with Gasteiger partial charge in [-0.25, -0.2) is 4.98 Å². The number of hydrogen-bond acceptors (Lipinski definition) is 7. The number of likely N-dealkylation sites (N-methyl/N-ethyl adjacent to an activating group) is 1. The first-order chi connectivity index (χ1) is 14.8. The van der Waals surface area contributed by atoms with Crippen molar-refractivity contribution in [3.63, 3.8) is 0 Å². The highest BCUT2D eigenvalue weighted by Gasteiger charge is 2.26. The second-order valence-electron chi connectivity index (χ2n) is 8.40. The van der Waals surface area contributed by atoms with Crippen LogP contribution in [0.1, 0.15) is 22.5 Å². The molecule has 1 saturated heterocycles. The summed E-state index contributed by atoms with van der Waals surface area (Å²) >= 11 is 1.54. The summed E-state index contributed by atoms with van der Waals surface area (Å²) < 4.78 is 1.12. The highest BCUT2D eigenvalue weighted by Crippen LogP contribution is 2.39. The molecule has 6 nitrogen and oxygen atoms in total. The molecule has 0 radical (unpaired) electrons. The summed E-state index contributed by atoms with van der Waals surface area (Å²) in [7, 11) is 1.93. The quantitative estimate of drug-likeness (QED) is 0.428. The predicted octanol–water partition coefficient (Wildman–Crippen LogP) is 3.43. The molecule has 5 rings (SSSR count). The maximum Gasteiger partial charge on any atom is 0.162 e. The standard InChI is InChI=1S/C23H29N5OS/c1-24-8-9-25-23-20(15-29)30-19-6-5-18-17(22(19)23)4-7-21(26-18)28-12-10-27(11-13-28)14-16-2-3-16/h4-7,15-16,24-25H,2-3,8-14H2,1H3. The van der Waals surface area contributed by atoms with E-state index in [4.69, 9.17) is 4.98 Å². The first-order valence-corrected chi connectivity index (χ1v) is 11.8. The summed E-state index contributed by atoms with van der Waals surface area (Å²) in [4.78, 5) is 22.4. The molecule has 1 aliphatic carbocycles. The fourth-order valence-electron chi connectivity index (χ4n) is 4.38. The van der Waals surface area contributed by atoms with Crippen molar-refractivity contribution in [2.24, 2.45) is 5.92 Å². The van der Waals surface area contributed by atoms with Crippen molar-refractivity contribution < 1.29 is 4.79 Å². The molecular formula is C23H29N5OS. The largest absolute Gasteiger partial charge is 0.382 e. The molecule has 0 spiro atoms. The average molecular weight is 424 g/mol. The Balaban J connectivity index is 1.42. The number of benzene rings is 1. The zero-order valence-corrected chi connectivity index (χ0v) is 18.3. The van der Waals surface area contributed by atoms with Crippen molar-refractivity contribution in [3.8, 4) is 0 Å². The van der Waals surface area contributed by atoms with E-state index in [9.17, 15) is 4.79 Å². The molecule has 2 aromatic heterocycles. The van der Waals surface area contributed by atoms with E-state index in [0.717, 1.165) is 88.8 Å². The summed E-state index contributed by atoms with van der Waals surface area (Å²) in [5.74, 6) is 2.01. The van der Waals surface area contributed by atoms with Crippen LogP contribution in [0.5, 0.6) is 0 Å². The number of thiophene rings is 1. The maximum atomic E-state index is 11.7. The predicted molar refractivity (Wildman–Crippen MR) is 126 cm³/mol. The summed E-state index contributed by atoms with van der Waals surface area (Å²) in [6.07, 6.45) is 3.80. The number of anilines is 2. The molecule has 3 heterocycles. The molecule has 7 heteroatoms. The summed E-state index contributed by atoms with van der Waals surface area (Å²) in [6.45, 7) is 7.23. The lowest BCUT2D eigenvalue weighted by atomic mass is 10.1. The van der Waals surface area contributed by atoms with E-state index < -0.39 is 0 Å². The lowest BCUT2D eigenvalue weighted by Gasteiger charge is -2.35. The van der Waals surface area contributed by atoms with Gasteiger partial charge in [0.05, 0.1) is 16.1 Å². The Morgan fingerprint density at radius 3 is 2.70 bits per heavy atom. The SMILES string of the molecule is CNCCNc1c(C=O)sc2ccc3nc(N4CCN(CC5CC5)CC4)ccc3c12. The molecule has 3 aromatic rings. The van der Waals surface area contributed by atoms with Gasteiger partial charge in [-0.05, 0) is 50.1 Å². The first kappa shape index (κ1) is 19.7. The molecule has 0 amide bonds. The zero-order chi connectivity index (χ0) is 20.5. The number of rotatable bonds is 8. The van der Waals surface area contributed by atoms with Gasteiger partial charge in [0.15, 0.2) is 6.29 Å².